The summed E-state index contributed by atoms with van der Waals surface area (Å²) in [6.07, 6.45) is 5.87. The van der Waals surface area contributed by atoms with E-state index in [1.807, 2.05) is 0 Å². The Balaban J connectivity index is 1.90. The summed E-state index contributed by atoms with van der Waals surface area (Å²) in [7, 11) is 0. The smallest absolute Gasteiger partial charge is 0.136 e. The second-order valence-corrected chi connectivity index (χ2v) is 6.81. The van der Waals surface area contributed by atoms with E-state index in [2.05, 4.69) is 25.2 Å². The van der Waals surface area contributed by atoms with E-state index in [9.17, 15) is 0 Å². The van der Waals surface area contributed by atoms with E-state index < -0.39 is 0 Å². The first-order chi connectivity index (χ1) is 9.56. The fourth-order valence-electron chi connectivity index (χ4n) is 3.51. The zero-order chi connectivity index (χ0) is 14.3. The van der Waals surface area contributed by atoms with Crippen molar-refractivity contribution in [3.63, 3.8) is 0 Å². The Kier molecular flexibility index (Phi) is 3.67. The molecule has 0 aliphatic heterocycles. The predicted octanol–water partition coefficient (Wildman–Crippen LogP) is 3.05. The minimum Gasteiger partial charge on any atom is -0.389 e. The molecule has 1 fully saturated rings. The molecule has 108 valence electrons. The number of rotatable bonds is 3. The van der Waals surface area contributed by atoms with Gasteiger partial charge in [0.15, 0.2) is 0 Å². The van der Waals surface area contributed by atoms with Crippen molar-refractivity contribution in [3.8, 4) is 0 Å². The zero-order valence-corrected chi connectivity index (χ0v) is 13.1. The third-order valence-corrected chi connectivity index (χ3v) is 5.32. The number of anilines is 1. The highest BCUT2D eigenvalue weighted by atomic mass is 32.1. The highest BCUT2D eigenvalue weighted by Gasteiger charge is 2.30. The van der Waals surface area contributed by atoms with Crippen LogP contribution in [0.15, 0.2) is 6.07 Å². The number of pyridine rings is 1. The molecule has 1 heterocycles. The quantitative estimate of drug-likeness (QED) is 0.840. The second kappa shape index (κ2) is 5.32. The topological polar surface area (TPSA) is 50.9 Å². The Morgan fingerprint density at radius 1 is 1.35 bits per heavy atom. The number of nitrogens with one attached hydrogen (secondary N) is 1. The number of aryl methyl sites for hydroxylation is 2. The second-order valence-electron chi connectivity index (χ2n) is 6.37. The third kappa shape index (κ3) is 2.41. The van der Waals surface area contributed by atoms with Crippen LogP contribution in [0.25, 0.3) is 0 Å². The number of nitrogens with zero attached hydrogens (tertiary/aromatic N) is 1. The van der Waals surface area contributed by atoms with E-state index in [-0.39, 0.29) is 0 Å². The molecule has 0 saturated heterocycles. The highest BCUT2D eigenvalue weighted by molar-refractivity contribution is 7.80. The van der Waals surface area contributed by atoms with Crippen LogP contribution in [0.3, 0.4) is 0 Å². The van der Waals surface area contributed by atoms with E-state index in [0.29, 0.717) is 16.9 Å². The summed E-state index contributed by atoms with van der Waals surface area (Å²) in [4.78, 5) is 5.27. The molecule has 3 rings (SSSR count). The highest BCUT2D eigenvalue weighted by Crippen LogP contribution is 2.34. The Labute approximate surface area is 126 Å². The molecule has 20 heavy (non-hydrogen) atoms. The average Bonchev–Trinajstić information content (AvgIpc) is 2.99. The van der Waals surface area contributed by atoms with Crippen LogP contribution in [0.1, 0.15) is 49.9 Å². The van der Waals surface area contributed by atoms with Crippen LogP contribution < -0.4 is 11.1 Å². The molecule has 0 amide bonds. The van der Waals surface area contributed by atoms with E-state index in [4.69, 9.17) is 22.9 Å². The molecular formula is C16H23N3S. The van der Waals surface area contributed by atoms with Crippen LogP contribution in [0, 0.1) is 11.8 Å². The van der Waals surface area contributed by atoms with Gasteiger partial charge in [-0.25, -0.2) is 4.98 Å². The van der Waals surface area contributed by atoms with E-state index in [1.165, 1.54) is 30.5 Å². The van der Waals surface area contributed by atoms with Gasteiger partial charge >= 0.3 is 0 Å². The van der Waals surface area contributed by atoms with Crippen molar-refractivity contribution in [1.29, 1.82) is 0 Å². The number of hydrogen-bond donors (Lipinski definition) is 2. The van der Waals surface area contributed by atoms with Gasteiger partial charge in [-0.1, -0.05) is 26.1 Å². The van der Waals surface area contributed by atoms with Gasteiger partial charge in [-0.3, -0.25) is 0 Å². The van der Waals surface area contributed by atoms with E-state index >= 15 is 0 Å². The van der Waals surface area contributed by atoms with Gasteiger partial charge in [-0.2, -0.15) is 0 Å². The first kappa shape index (κ1) is 13.8. The van der Waals surface area contributed by atoms with Gasteiger partial charge in [0.2, 0.25) is 0 Å². The summed E-state index contributed by atoms with van der Waals surface area (Å²) in [5.74, 6) is 2.35. The molecule has 0 bridgehead atoms. The Morgan fingerprint density at radius 3 is 2.80 bits per heavy atom. The Bertz CT molecular complexity index is 541. The molecule has 0 radical (unpaired) electrons. The molecule has 3 unspecified atom stereocenters. The maximum Gasteiger partial charge on any atom is 0.136 e. The van der Waals surface area contributed by atoms with Crippen molar-refractivity contribution in [2.45, 2.75) is 52.0 Å². The largest absolute Gasteiger partial charge is 0.389 e. The van der Waals surface area contributed by atoms with Gasteiger partial charge in [-0.05, 0) is 55.6 Å². The fraction of sp³-hybridized carbons (Fsp3) is 0.625. The minimum absolute atomic E-state index is 0.452. The molecule has 2 aliphatic carbocycles. The average molecular weight is 289 g/mol. The maximum atomic E-state index is 5.90. The molecule has 3 N–H and O–H groups in total. The first-order valence-electron chi connectivity index (χ1n) is 7.65. The fourth-order valence-corrected chi connectivity index (χ4v) is 3.67. The standard InChI is InChI=1S/C16H23N3S/c1-9-6-7-13(10(9)2)18-16-12(15(17)20)8-11-4-3-5-14(11)19-16/h8-10,13H,3-7H2,1-2H3,(H2,17,20)(H,18,19). The maximum absolute atomic E-state index is 5.90. The molecule has 4 heteroatoms. The number of aromatic nitrogens is 1. The number of hydrogen-bond acceptors (Lipinski definition) is 3. The van der Waals surface area contributed by atoms with Gasteiger partial charge < -0.3 is 11.1 Å². The van der Waals surface area contributed by atoms with Crippen molar-refractivity contribution < 1.29 is 0 Å². The SMILES string of the molecule is CC1CCC(Nc2nc3c(cc2C(N)=S)CCC3)C1C. The summed E-state index contributed by atoms with van der Waals surface area (Å²) >= 11 is 5.21. The Hall–Kier alpha value is -1.16. The van der Waals surface area contributed by atoms with Crippen LogP contribution >= 0.6 is 12.2 Å². The Morgan fingerprint density at radius 2 is 2.15 bits per heavy atom. The summed E-state index contributed by atoms with van der Waals surface area (Å²) in [6.45, 7) is 4.65. The lowest BCUT2D eigenvalue weighted by atomic mass is 9.97. The predicted molar refractivity (Wildman–Crippen MR) is 87.1 cm³/mol. The monoisotopic (exact) mass is 289 g/mol. The molecule has 1 aromatic heterocycles. The third-order valence-electron chi connectivity index (χ3n) is 5.10. The summed E-state index contributed by atoms with van der Waals surface area (Å²) in [6, 6.07) is 2.65. The van der Waals surface area contributed by atoms with Gasteiger partial charge in [0.05, 0.1) is 5.56 Å². The summed E-state index contributed by atoms with van der Waals surface area (Å²) in [5, 5.41) is 3.62. The molecule has 0 spiro atoms. The lowest BCUT2D eigenvalue weighted by molar-refractivity contribution is 0.435. The molecule has 1 aromatic rings. The van der Waals surface area contributed by atoms with Crippen LogP contribution in [-0.2, 0) is 12.8 Å². The van der Waals surface area contributed by atoms with Gasteiger partial charge in [0.25, 0.3) is 0 Å². The molecule has 3 atom stereocenters. The van der Waals surface area contributed by atoms with Gasteiger partial charge in [0.1, 0.15) is 10.8 Å². The number of thiocarbonyl (C=S) groups is 1. The van der Waals surface area contributed by atoms with Crippen molar-refractivity contribution >= 4 is 23.0 Å². The van der Waals surface area contributed by atoms with E-state index in [0.717, 1.165) is 30.1 Å². The zero-order valence-electron chi connectivity index (χ0n) is 12.3. The van der Waals surface area contributed by atoms with E-state index in [1.54, 1.807) is 0 Å². The van der Waals surface area contributed by atoms with Crippen LogP contribution in [-0.4, -0.2) is 16.0 Å². The number of nitrogens with two attached hydrogens (primary N) is 1. The molecular weight excluding hydrogens is 266 g/mol. The van der Waals surface area contributed by atoms with Gasteiger partial charge in [-0.15, -0.1) is 0 Å². The molecule has 3 nitrogen and oxygen atoms in total. The molecule has 2 aliphatic rings. The summed E-state index contributed by atoms with van der Waals surface area (Å²) in [5.41, 5.74) is 9.37. The van der Waals surface area contributed by atoms with Crippen LogP contribution in [0.5, 0.6) is 0 Å². The lowest BCUT2D eigenvalue weighted by Gasteiger charge is -2.22. The van der Waals surface area contributed by atoms with Crippen molar-refractivity contribution in [1.82, 2.24) is 4.98 Å². The first-order valence-corrected chi connectivity index (χ1v) is 8.06. The normalized spacial score (nSPS) is 28.4. The minimum atomic E-state index is 0.452. The van der Waals surface area contributed by atoms with Crippen molar-refractivity contribution in [3.05, 3.63) is 22.9 Å². The lowest BCUT2D eigenvalue weighted by Crippen LogP contribution is -2.27. The van der Waals surface area contributed by atoms with Gasteiger partial charge in [0, 0.05) is 11.7 Å². The molecule has 1 saturated carbocycles. The number of fused-ring (bicyclic) bond motifs is 1. The van der Waals surface area contributed by atoms with Crippen LogP contribution in [0.2, 0.25) is 0 Å². The van der Waals surface area contributed by atoms with Crippen molar-refractivity contribution in [2.75, 3.05) is 5.32 Å². The van der Waals surface area contributed by atoms with Crippen molar-refractivity contribution in [2.24, 2.45) is 17.6 Å². The summed E-state index contributed by atoms with van der Waals surface area (Å²) < 4.78 is 0. The van der Waals surface area contributed by atoms with Crippen LogP contribution in [0.4, 0.5) is 5.82 Å². The molecule has 0 aromatic carbocycles.